The molecule has 0 saturated heterocycles. The Morgan fingerprint density at radius 3 is 2.40 bits per heavy atom. The molecule has 0 atom stereocenters. The summed E-state index contributed by atoms with van der Waals surface area (Å²) in [6.07, 6.45) is 0. The van der Waals surface area contributed by atoms with Crippen molar-refractivity contribution < 1.29 is 8.42 Å². The average molecular weight is 229 g/mol. The van der Waals surface area contributed by atoms with Crippen molar-refractivity contribution in [2.24, 2.45) is 21.7 Å². The zero-order valence-corrected chi connectivity index (χ0v) is 8.53. The molecule has 0 aliphatic heterocycles. The Morgan fingerprint density at radius 2 is 1.87 bits per heavy atom. The van der Waals surface area contributed by atoms with Crippen molar-refractivity contribution in [1.82, 2.24) is 0 Å². The Kier molecular flexibility index (Phi) is 3.12. The van der Waals surface area contributed by atoms with Crippen molar-refractivity contribution >= 4 is 21.7 Å². The van der Waals surface area contributed by atoms with Crippen LogP contribution in [0.1, 0.15) is 0 Å². The number of hydrazine groups is 1. The smallest absolute Gasteiger partial charge is 0.287 e. The highest BCUT2D eigenvalue weighted by Crippen LogP contribution is 2.21. The molecule has 0 amide bonds. The van der Waals surface area contributed by atoms with Gasteiger partial charge in [0.05, 0.1) is 5.69 Å². The van der Waals surface area contributed by atoms with Gasteiger partial charge in [-0.05, 0) is 12.1 Å². The van der Waals surface area contributed by atoms with E-state index < -0.39 is 16.0 Å². The zero-order valence-electron chi connectivity index (χ0n) is 7.71. The third kappa shape index (κ3) is 2.58. The number of benzene rings is 1. The molecule has 15 heavy (non-hydrogen) atoms. The number of hydrogen-bond acceptors (Lipinski definition) is 4. The lowest BCUT2D eigenvalue weighted by atomic mass is 10.3. The molecule has 7 N–H and O–H groups in total. The van der Waals surface area contributed by atoms with E-state index >= 15 is 0 Å². The van der Waals surface area contributed by atoms with Crippen LogP contribution in [0.2, 0.25) is 0 Å². The van der Waals surface area contributed by atoms with Crippen LogP contribution in [-0.4, -0.2) is 14.4 Å². The van der Waals surface area contributed by atoms with E-state index in [-0.39, 0.29) is 10.6 Å². The largest absolute Gasteiger partial charge is 0.369 e. The molecular weight excluding hydrogens is 218 g/mol. The van der Waals surface area contributed by atoms with E-state index in [1.165, 1.54) is 18.2 Å². The molecule has 7 nitrogen and oxygen atoms in total. The second-order valence-electron chi connectivity index (χ2n) is 2.63. The van der Waals surface area contributed by atoms with E-state index in [0.29, 0.717) is 0 Å². The summed E-state index contributed by atoms with van der Waals surface area (Å²) in [4.78, 5) is -0.0825. The van der Waals surface area contributed by atoms with Crippen LogP contribution in [0.4, 0.5) is 5.69 Å². The summed E-state index contributed by atoms with van der Waals surface area (Å²) in [5, 5.41) is 0. The highest BCUT2D eigenvalue weighted by atomic mass is 32.2. The molecular formula is C7H11N5O2S. The molecule has 1 aromatic carbocycles. The molecule has 82 valence electrons. The lowest BCUT2D eigenvalue weighted by Gasteiger charge is -2.05. The fourth-order valence-electron chi connectivity index (χ4n) is 0.999. The number of guanidine groups is 1. The lowest BCUT2D eigenvalue weighted by Crippen LogP contribution is -2.24. The first-order chi connectivity index (χ1) is 6.97. The van der Waals surface area contributed by atoms with Crippen molar-refractivity contribution in [3.63, 3.8) is 0 Å². The molecule has 0 saturated carbocycles. The maximum atomic E-state index is 11.6. The minimum absolute atomic E-state index is 0.0825. The van der Waals surface area contributed by atoms with Crippen LogP contribution < -0.4 is 22.7 Å². The minimum Gasteiger partial charge on any atom is -0.369 e. The summed E-state index contributed by atoms with van der Waals surface area (Å²) in [5.41, 5.74) is 12.5. The van der Waals surface area contributed by atoms with E-state index in [1.54, 1.807) is 6.07 Å². The summed E-state index contributed by atoms with van der Waals surface area (Å²) in [5.74, 6) is 4.63. The second kappa shape index (κ2) is 4.15. The third-order valence-corrected chi connectivity index (χ3v) is 2.91. The van der Waals surface area contributed by atoms with Gasteiger partial charge >= 0.3 is 0 Å². The molecule has 1 rings (SSSR count). The van der Waals surface area contributed by atoms with Crippen LogP contribution in [-0.2, 0) is 10.0 Å². The summed E-state index contributed by atoms with van der Waals surface area (Å²) in [6.45, 7) is 0. The van der Waals surface area contributed by atoms with E-state index in [0.717, 1.165) is 0 Å². The molecule has 0 fully saturated rings. The summed E-state index contributed by atoms with van der Waals surface area (Å²) in [6, 6.07) is 6.01. The summed E-state index contributed by atoms with van der Waals surface area (Å²) in [7, 11) is -3.91. The molecule has 0 heterocycles. The second-order valence-corrected chi connectivity index (χ2v) is 4.20. The van der Waals surface area contributed by atoms with Crippen molar-refractivity contribution in [2.45, 2.75) is 4.90 Å². The number of nitrogens with zero attached hydrogens (tertiary/aromatic N) is 1. The zero-order chi connectivity index (χ0) is 11.5. The van der Waals surface area contributed by atoms with Crippen LogP contribution in [0.3, 0.4) is 0 Å². The number of nitrogens with two attached hydrogens (primary N) is 3. The lowest BCUT2D eigenvalue weighted by molar-refractivity contribution is 0.598. The Morgan fingerprint density at radius 1 is 1.27 bits per heavy atom. The highest BCUT2D eigenvalue weighted by Gasteiger charge is 2.16. The van der Waals surface area contributed by atoms with Crippen molar-refractivity contribution in [1.29, 1.82) is 0 Å². The summed E-state index contributed by atoms with van der Waals surface area (Å²) < 4.78 is 26.3. The Balaban J connectivity index is 3.34. The molecule has 0 spiro atoms. The first kappa shape index (κ1) is 11.3. The van der Waals surface area contributed by atoms with Gasteiger partial charge in [0.2, 0.25) is 5.96 Å². The SMILES string of the molecule is NNc1ccccc1S(=O)(=O)N=C(N)N. The van der Waals surface area contributed by atoms with Gasteiger partial charge in [-0.25, -0.2) is 0 Å². The molecule has 0 radical (unpaired) electrons. The fraction of sp³-hybridized carbons (Fsp3) is 0. The number of anilines is 1. The number of sulfonamides is 1. The monoisotopic (exact) mass is 229 g/mol. The number of rotatable bonds is 3. The van der Waals surface area contributed by atoms with Crippen molar-refractivity contribution in [3.8, 4) is 0 Å². The van der Waals surface area contributed by atoms with Gasteiger partial charge in [-0.15, -0.1) is 4.40 Å². The van der Waals surface area contributed by atoms with Crippen LogP contribution in [0, 0.1) is 0 Å². The number of nitrogens with one attached hydrogen (secondary N) is 1. The van der Waals surface area contributed by atoms with E-state index in [1.807, 2.05) is 0 Å². The minimum atomic E-state index is -3.91. The molecule has 0 bridgehead atoms. The highest BCUT2D eigenvalue weighted by molar-refractivity contribution is 7.90. The Hall–Kier alpha value is -1.80. The molecule has 0 aliphatic carbocycles. The standard InChI is InChI=1S/C7H11N5O2S/c8-7(9)12-15(13,14)6-4-2-1-3-5(6)11-10/h1-4,11H,10H2,(H4,8,9,12). The molecule has 0 aromatic heterocycles. The van der Waals surface area contributed by atoms with E-state index in [4.69, 9.17) is 17.3 Å². The van der Waals surface area contributed by atoms with E-state index in [2.05, 4.69) is 9.82 Å². The maximum Gasteiger partial charge on any atom is 0.287 e. The van der Waals surface area contributed by atoms with Crippen LogP contribution in [0.5, 0.6) is 0 Å². The average Bonchev–Trinajstić information content (AvgIpc) is 2.16. The maximum absolute atomic E-state index is 11.6. The fourth-order valence-corrected chi connectivity index (χ4v) is 2.03. The van der Waals surface area contributed by atoms with Crippen molar-refractivity contribution in [3.05, 3.63) is 24.3 Å². The van der Waals surface area contributed by atoms with Gasteiger partial charge in [0.25, 0.3) is 10.0 Å². The summed E-state index contributed by atoms with van der Waals surface area (Å²) >= 11 is 0. The first-order valence-corrected chi connectivity index (χ1v) is 5.33. The van der Waals surface area contributed by atoms with Crippen LogP contribution in [0.25, 0.3) is 0 Å². The normalized spacial score (nSPS) is 10.7. The molecule has 8 heteroatoms. The van der Waals surface area contributed by atoms with Gasteiger partial charge in [-0.3, -0.25) is 5.84 Å². The molecule has 1 aromatic rings. The van der Waals surface area contributed by atoms with Gasteiger partial charge < -0.3 is 16.9 Å². The Labute approximate surface area is 87.0 Å². The Bertz CT molecular complexity index is 478. The predicted molar refractivity (Wildman–Crippen MR) is 57.2 cm³/mol. The predicted octanol–water partition coefficient (Wildman–Crippen LogP) is -1.07. The van der Waals surface area contributed by atoms with E-state index in [9.17, 15) is 8.42 Å². The topological polar surface area (TPSA) is 137 Å². The molecule has 0 aliphatic rings. The third-order valence-electron chi connectivity index (χ3n) is 1.55. The van der Waals surface area contributed by atoms with Gasteiger partial charge in [0.15, 0.2) is 0 Å². The van der Waals surface area contributed by atoms with Crippen LogP contribution >= 0.6 is 0 Å². The van der Waals surface area contributed by atoms with Gasteiger partial charge in [-0.1, -0.05) is 12.1 Å². The van der Waals surface area contributed by atoms with Crippen LogP contribution in [0.15, 0.2) is 33.6 Å². The van der Waals surface area contributed by atoms with Gasteiger partial charge in [-0.2, -0.15) is 8.42 Å². The van der Waals surface area contributed by atoms with Gasteiger partial charge in [0, 0.05) is 0 Å². The number of para-hydroxylation sites is 1. The quantitative estimate of drug-likeness (QED) is 0.225. The van der Waals surface area contributed by atoms with Gasteiger partial charge in [0.1, 0.15) is 4.90 Å². The number of nitrogen functional groups attached to an aromatic ring is 1. The van der Waals surface area contributed by atoms with Crippen molar-refractivity contribution in [2.75, 3.05) is 5.43 Å². The number of hydrogen-bond donors (Lipinski definition) is 4. The first-order valence-electron chi connectivity index (χ1n) is 3.89. The molecule has 0 unspecified atom stereocenters.